The van der Waals surface area contributed by atoms with Gasteiger partial charge in [0.05, 0.1) is 11.1 Å². The standard InChI is InChI=1S/C20H25N5O2/c1-3-4-11-22-17-14(13(2)23-20(21)24-17)10-7-12-25-18(26)15-8-5-6-9-16(15)19(25)27/h5-6,8-9H,3-4,7,10-12H2,1-2H3,(H3,21,22,23,24). The highest BCUT2D eigenvalue weighted by molar-refractivity contribution is 6.21. The predicted molar refractivity (Wildman–Crippen MR) is 105 cm³/mol. The second kappa shape index (κ2) is 8.16. The van der Waals surface area contributed by atoms with Crippen molar-refractivity contribution in [2.24, 2.45) is 0 Å². The summed E-state index contributed by atoms with van der Waals surface area (Å²) in [6.45, 7) is 5.22. The molecule has 2 heterocycles. The lowest BCUT2D eigenvalue weighted by Gasteiger charge is -2.16. The van der Waals surface area contributed by atoms with Gasteiger partial charge < -0.3 is 11.1 Å². The first-order valence-electron chi connectivity index (χ1n) is 9.35. The molecule has 0 bridgehead atoms. The van der Waals surface area contributed by atoms with Crippen molar-refractivity contribution < 1.29 is 9.59 Å². The number of carbonyl (C=O) groups is 2. The molecule has 1 aromatic heterocycles. The molecule has 1 aliphatic heterocycles. The van der Waals surface area contributed by atoms with Crippen molar-refractivity contribution in [1.29, 1.82) is 0 Å². The Hall–Kier alpha value is -2.96. The number of hydrogen-bond acceptors (Lipinski definition) is 6. The number of nitrogens with one attached hydrogen (secondary N) is 1. The molecule has 0 spiro atoms. The van der Waals surface area contributed by atoms with Crippen molar-refractivity contribution >= 4 is 23.6 Å². The third kappa shape index (κ3) is 3.92. The number of nitrogens with two attached hydrogens (primary N) is 1. The molecule has 7 heteroatoms. The van der Waals surface area contributed by atoms with Crippen LogP contribution in [0.15, 0.2) is 24.3 Å². The van der Waals surface area contributed by atoms with Gasteiger partial charge in [0.25, 0.3) is 11.8 Å². The van der Waals surface area contributed by atoms with E-state index >= 15 is 0 Å². The minimum atomic E-state index is -0.220. The Morgan fingerprint density at radius 2 is 1.74 bits per heavy atom. The van der Waals surface area contributed by atoms with E-state index in [0.29, 0.717) is 30.5 Å². The molecule has 3 N–H and O–H groups in total. The number of aryl methyl sites for hydroxylation is 1. The van der Waals surface area contributed by atoms with Gasteiger partial charge in [0.2, 0.25) is 5.95 Å². The summed E-state index contributed by atoms with van der Waals surface area (Å²) in [5, 5.41) is 3.33. The van der Waals surface area contributed by atoms with Crippen LogP contribution in [0.5, 0.6) is 0 Å². The number of nitrogens with zero attached hydrogens (tertiary/aromatic N) is 3. The number of hydrogen-bond donors (Lipinski definition) is 2. The summed E-state index contributed by atoms with van der Waals surface area (Å²) in [4.78, 5) is 34.8. The number of benzene rings is 1. The molecular formula is C20H25N5O2. The molecule has 0 saturated carbocycles. The molecule has 0 radical (unpaired) electrons. The summed E-state index contributed by atoms with van der Waals surface area (Å²) >= 11 is 0. The number of rotatable bonds is 8. The Bertz CT molecular complexity index is 830. The van der Waals surface area contributed by atoms with E-state index in [9.17, 15) is 9.59 Å². The minimum Gasteiger partial charge on any atom is -0.370 e. The van der Waals surface area contributed by atoms with Crippen LogP contribution in [0.3, 0.4) is 0 Å². The Labute approximate surface area is 159 Å². The van der Waals surface area contributed by atoms with Crippen LogP contribution >= 0.6 is 0 Å². The van der Waals surface area contributed by atoms with Gasteiger partial charge >= 0.3 is 0 Å². The van der Waals surface area contributed by atoms with E-state index in [-0.39, 0.29) is 17.8 Å². The number of nitrogen functional groups attached to an aromatic ring is 1. The number of unbranched alkanes of at least 4 members (excludes halogenated alkanes) is 1. The molecule has 0 fully saturated rings. The molecule has 0 saturated heterocycles. The number of aromatic nitrogens is 2. The van der Waals surface area contributed by atoms with E-state index in [4.69, 9.17) is 5.73 Å². The summed E-state index contributed by atoms with van der Waals surface area (Å²) in [7, 11) is 0. The molecule has 1 aromatic carbocycles. The van der Waals surface area contributed by atoms with Crippen LogP contribution in [-0.2, 0) is 6.42 Å². The molecule has 0 aliphatic carbocycles. The van der Waals surface area contributed by atoms with E-state index in [1.807, 2.05) is 6.92 Å². The molecule has 27 heavy (non-hydrogen) atoms. The van der Waals surface area contributed by atoms with Crippen LogP contribution in [0.2, 0.25) is 0 Å². The van der Waals surface area contributed by atoms with Crippen LogP contribution in [0.25, 0.3) is 0 Å². The average molecular weight is 367 g/mol. The lowest BCUT2D eigenvalue weighted by molar-refractivity contribution is 0.0652. The van der Waals surface area contributed by atoms with Crippen molar-refractivity contribution in [1.82, 2.24) is 14.9 Å². The quantitative estimate of drug-likeness (QED) is 0.549. The van der Waals surface area contributed by atoms with Gasteiger partial charge in [0.15, 0.2) is 0 Å². The van der Waals surface area contributed by atoms with E-state index in [2.05, 4.69) is 22.2 Å². The molecule has 0 atom stereocenters. The molecule has 142 valence electrons. The van der Waals surface area contributed by atoms with Crippen LogP contribution in [-0.4, -0.2) is 39.8 Å². The zero-order valence-electron chi connectivity index (χ0n) is 15.8. The number of anilines is 2. The lowest BCUT2D eigenvalue weighted by Crippen LogP contribution is -2.31. The van der Waals surface area contributed by atoms with Gasteiger partial charge in [-0.15, -0.1) is 0 Å². The molecule has 2 aromatic rings. The topological polar surface area (TPSA) is 101 Å². The van der Waals surface area contributed by atoms with Crippen molar-refractivity contribution in [3.8, 4) is 0 Å². The third-order valence-corrected chi connectivity index (χ3v) is 4.74. The van der Waals surface area contributed by atoms with Gasteiger partial charge in [-0.3, -0.25) is 14.5 Å². The summed E-state index contributed by atoms with van der Waals surface area (Å²) in [5.41, 5.74) is 8.56. The second-order valence-corrected chi connectivity index (χ2v) is 6.69. The van der Waals surface area contributed by atoms with E-state index in [0.717, 1.165) is 36.5 Å². The summed E-state index contributed by atoms with van der Waals surface area (Å²) in [5.74, 6) is 0.552. The van der Waals surface area contributed by atoms with Crippen molar-refractivity contribution in [2.75, 3.05) is 24.1 Å². The van der Waals surface area contributed by atoms with Gasteiger partial charge in [0.1, 0.15) is 5.82 Å². The zero-order chi connectivity index (χ0) is 19.4. The maximum absolute atomic E-state index is 12.5. The first-order chi connectivity index (χ1) is 13.0. The maximum atomic E-state index is 12.5. The first kappa shape index (κ1) is 18.8. The highest BCUT2D eigenvalue weighted by Crippen LogP contribution is 2.24. The smallest absolute Gasteiger partial charge is 0.261 e. The highest BCUT2D eigenvalue weighted by Gasteiger charge is 2.34. The third-order valence-electron chi connectivity index (χ3n) is 4.74. The number of fused-ring (bicyclic) bond motifs is 1. The Morgan fingerprint density at radius 1 is 1.07 bits per heavy atom. The summed E-state index contributed by atoms with van der Waals surface area (Å²) in [6, 6.07) is 6.94. The first-order valence-corrected chi connectivity index (χ1v) is 9.35. The monoisotopic (exact) mass is 367 g/mol. The Kier molecular flexibility index (Phi) is 5.69. The molecule has 3 rings (SSSR count). The van der Waals surface area contributed by atoms with Gasteiger partial charge in [-0.2, -0.15) is 4.98 Å². The Balaban J connectivity index is 1.67. The van der Waals surface area contributed by atoms with Gasteiger partial charge in [-0.1, -0.05) is 25.5 Å². The molecule has 7 nitrogen and oxygen atoms in total. The fourth-order valence-electron chi connectivity index (χ4n) is 3.30. The van der Waals surface area contributed by atoms with Crippen LogP contribution in [0.1, 0.15) is 58.2 Å². The maximum Gasteiger partial charge on any atom is 0.261 e. The summed E-state index contributed by atoms with van der Waals surface area (Å²) in [6.07, 6.45) is 3.43. The fourth-order valence-corrected chi connectivity index (χ4v) is 3.30. The Morgan fingerprint density at radius 3 is 2.37 bits per heavy atom. The summed E-state index contributed by atoms with van der Waals surface area (Å²) < 4.78 is 0. The van der Waals surface area contributed by atoms with Crippen LogP contribution < -0.4 is 11.1 Å². The molecule has 2 amide bonds. The van der Waals surface area contributed by atoms with Gasteiger partial charge in [0, 0.05) is 24.3 Å². The van der Waals surface area contributed by atoms with Crippen LogP contribution in [0, 0.1) is 6.92 Å². The number of carbonyl (C=O) groups excluding carboxylic acids is 2. The zero-order valence-corrected chi connectivity index (χ0v) is 15.8. The molecule has 1 aliphatic rings. The van der Waals surface area contributed by atoms with Crippen molar-refractivity contribution in [3.63, 3.8) is 0 Å². The highest BCUT2D eigenvalue weighted by atomic mass is 16.2. The minimum absolute atomic E-state index is 0.220. The molecular weight excluding hydrogens is 342 g/mol. The lowest BCUT2D eigenvalue weighted by atomic mass is 10.1. The normalized spacial score (nSPS) is 13.2. The number of imide groups is 1. The van der Waals surface area contributed by atoms with Crippen molar-refractivity contribution in [3.05, 3.63) is 46.6 Å². The fraction of sp³-hybridized carbons (Fsp3) is 0.400. The van der Waals surface area contributed by atoms with E-state index < -0.39 is 0 Å². The van der Waals surface area contributed by atoms with Gasteiger partial charge in [-0.05, 0) is 38.3 Å². The van der Waals surface area contributed by atoms with Crippen LogP contribution in [0.4, 0.5) is 11.8 Å². The van der Waals surface area contributed by atoms with E-state index in [1.54, 1.807) is 24.3 Å². The average Bonchev–Trinajstić information content (AvgIpc) is 2.89. The predicted octanol–water partition coefficient (Wildman–Crippen LogP) is 2.81. The molecule has 0 unspecified atom stereocenters. The SMILES string of the molecule is CCCCNc1nc(N)nc(C)c1CCCN1C(=O)c2ccccc2C1=O. The van der Waals surface area contributed by atoms with Crippen molar-refractivity contribution in [2.45, 2.75) is 39.5 Å². The van der Waals surface area contributed by atoms with Gasteiger partial charge in [-0.25, -0.2) is 4.98 Å². The number of amides is 2. The largest absolute Gasteiger partial charge is 0.370 e. The van der Waals surface area contributed by atoms with E-state index in [1.165, 1.54) is 4.90 Å². The second-order valence-electron chi connectivity index (χ2n) is 6.69.